The standard InChI is InChI=1S/C18H17BrN2/c1-11-8-15(9-12(2)17(11)19)18(20)14-6-5-13-4-3-7-21-16(13)10-14/h3-10,18H,20H2,1-2H3. The number of fused-ring (bicyclic) bond motifs is 1. The third-order valence-electron chi connectivity index (χ3n) is 3.81. The van der Waals surface area contributed by atoms with Crippen LogP contribution in [-0.4, -0.2) is 4.98 Å². The van der Waals surface area contributed by atoms with Crippen molar-refractivity contribution in [2.75, 3.05) is 0 Å². The molecule has 1 aromatic heterocycles. The Bertz CT molecular complexity index is 788. The molecule has 3 heteroatoms. The molecule has 0 saturated carbocycles. The molecule has 1 unspecified atom stereocenters. The largest absolute Gasteiger partial charge is 0.320 e. The molecule has 106 valence electrons. The number of pyridine rings is 1. The van der Waals surface area contributed by atoms with E-state index < -0.39 is 0 Å². The predicted octanol–water partition coefficient (Wildman–Crippen LogP) is 4.66. The highest BCUT2D eigenvalue weighted by Crippen LogP contribution is 2.28. The average molecular weight is 341 g/mol. The summed E-state index contributed by atoms with van der Waals surface area (Å²) in [5.74, 6) is 0. The number of nitrogens with two attached hydrogens (primary N) is 1. The summed E-state index contributed by atoms with van der Waals surface area (Å²) in [6.07, 6.45) is 1.81. The van der Waals surface area contributed by atoms with Crippen molar-refractivity contribution in [1.82, 2.24) is 4.98 Å². The van der Waals surface area contributed by atoms with Gasteiger partial charge in [-0.1, -0.05) is 46.3 Å². The second-order valence-electron chi connectivity index (χ2n) is 5.40. The predicted molar refractivity (Wildman–Crippen MR) is 91.4 cm³/mol. The SMILES string of the molecule is Cc1cc(C(N)c2ccc3cccnc3c2)cc(C)c1Br. The van der Waals surface area contributed by atoms with Crippen LogP contribution >= 0.6 is 15.9 Å². The van der Waals surface area contributed by atoms with Gasteiger partial charge < -0.3 is 5.73 Å². The van der Waals surface area contributed by atoms with Gasteiger partial charge in [0.2, 0.25) is 0 Å². The highest BCUT2D eigenvalue weighted by molar-refractivity contribution is 9.10. The number of halogens is 1. The lowest BCUT2D eigenvalue weighted by Gasteiger charge is -2.16. The number of hydrogen-bond donors (Lipinski definition) is 1. The van der Waals surface area contributed by atoms with Gasteiger partial charge in [0.05, 0.1) is 11.6 Å². The number of aryl methyl sites for hydroxylation is 2. The molecule has 2 aromatic carbocycles. The zero-order valence-corrected chi connectivity index (χ0v) is 13.7. The first-order chi connectivity index (χ1) is 10.1. The summed E-state index contributed by atoms with van der Waals surface area (Å²) < 4.78 is 1.15. The highest BCUT2D eigenvalue weighted by atomic mass is 79.9. The molecule has 1 heterocycles. The lowest BCUT2D eigenvalue weighted by atomic mass is 9.95. The fourth-order valence-corrected chi connectivity index (χ4v) is 2.86. The van der Waals surface area contributed by atoms with Crippen molar-refractivity contribution in [3.63, 3.8) is 0 Å². The van der Waals surface area contributed by atoms with E-state index >= 15 is 0 Å². The fraction of sp³-hybridized carbons (Fsp3) is 0.167. The van der Waals surface area contributed by atoms with Gasteiger partial charge in [-0.2, -0.15) is 0 Å². The molecule has 21 heavy (non-hydrogen) atoms. The van der Waals surface area contributed by atoms with Crippen LogP contribution in [0.15, 0.2) is 53.1 Å². The van der Waals surface area contributed by atoms with Gasteiger partial charge in [0.25, 0.3) is 0 Å². The molecule has 0 saturated heterocycles. The second kappa shape index (κ2) is 5.58. The molecule has 3 rings (SSSR count). The number of benzene rings is 2. The summed E-state index contributed by atoms with van der Waals surface area (Å²) in [6, 6.07) is 14.4. The minimum atomic E-state index is -0.137. The lowest BCUT2D eigenvalue weighted by Crippen LogP contribution is -2.12. The topological polar surface area (TPSA) is 38.9 Å². The molecule has 2 N–H and O–H groups in total. The smallest absolute Gasteiger partial charge is 0.0705 e. The molecule has 3 aromatic rings. The fourth-order valence-electron chi connectivity index (χ4n) is 2.63. The molecule has 0 aliphatic heterocycles. The molecule has 0 radical (unpaired) electrons. The Labute approximate surface area is 133 Å². The summed E-state index contributed by atoms with van der Waals surface area (Å²) in [4.78, 5) is 4.40. The van der Waals surface area contributed by atoms with Gasteiger partial charge in [0.15, 0.2) is 0 Å². The first kappa shape index (κ1) is 14.2. The normalized spacial score (nSPS) is 12.6. The summed E-state index contributed by atoms with van der Waals surface area (Å²) in [6.45, 7) is 4.19. The Morgan fingerprint density at radius 2 is 1.71 bits per heavy atom. The third kappa shape index (κ3) is 2.71. The Balaban J connectivity index is 2.05. The van der Waals surface area contributed by atoms with Gasteiger partial charge in [-0.05, 0) is 48.2 Å². The minimum Gasteiger partial charge on any atom is -0.320 e. The summed E-state index contributed by atoms with van der Waals surface area (Å²) in [5, 5.41) is 1.14. The van der Waals surface area contributed by atoms with Crippen LogP contribution in [0.1, 0.15) is 28.3 Å². The van der Waals surface area contributed by atoms with Gasteiger partial charge in [-0.3, -0.25) is 4.98 Å². The van der Waals surface area contributed by atoms with Crippen LogP contribution in [0.2, 0.25) is 0 Å². The van der Waals surface area contributed by atoms with E-state index in [4.69, 9.17) is 5.73 Å². The maximum atomic E-state index is 6.45. The van der Waals surface area contributed by atoms with E-state index in [2.05, 4.69) is 71.2 Å². The van der Waals surface area contributed by atoms with E-state index in [9.17, 15) is 0 Å². The first-order valence-corrected chi connectivity index (χ1v) is 7.72. The van der Waals surface area contributed by atoms with Crippen molar-refractivity contribution in [1.29, 1.82) is 0 Å². The maximum absolute atomic E-state index is 6.45. The van der Waals surface area contributed by atoms with Crippen molar-refractivity contribution in [2.45, 2.75) is 19.9 Å². The van der Waals surface area contributed by atoms with Crippen LogP contribution in [0.25, 0.3) is 10.9 Å². The van der Waals surface area contributed by atoms with E-state index in [1.165, 1.54) is 11.1 Å². The maximum Gasteiger partial charge on any atom is 0.0705 e. The van der Waals surface area contributed by atoms with Gasteiger partial charge in [-0.25, -0.2) is 0 Å². The molecule has 0 amide bonds. The molecule has 2 nitrogen and oxygen atoms in total. The van der Waals surface area contributed by atoms with Gasteiger partial charge in [0.1, 0.15) is 0 Å². The molecule has 0 spiro atoms. The van der Waals surface area contributed by atoms with E-state index in [1.54, 1.807) is 0 Å². The van der Waals surface area contributed by atoms with Crippen molar-refractivity contribution in [3.05, 3.63) is 75.4 Å². The van der Waals surface area contributed by atoms with Crippen molar-refractivity contribution < 1.29 is 0 Å². The molecule has 0 aliphatic rings. The van der Waals surface area contributed by atoms with Gasteiger partial charge in [0, 0.05) is 16.1 Å². The van der Waals surface area contributed by atoms with Crippen LogP contribution in [-0.2, 0) is 0 Å². The molecule has 0 bridgehead atoms. The first-order valence-electron chi connectivity index (χ1n) is 6.93. The van der Waals surface area contributed by atoms with E-state index in [-0.39, 0.29) is 6.04 Å². The lowest BCUT2D eigenvalue weighted by molar-refractivity contribution is 0.868. The molecule has 0 fully saturated rings. The summed E-state index contributed by atoms with van der Waals surface area (Å²) >= 11 is 3.60. The highest BCUT2D eigenvalue weighted by Gasteiger charge is 2.12. The quantitative estimate of drug-likeness (QED) is 0.736. The van der Waals surface area contributed by atoms with Gasteiger partial charge >= 0.3 is 0 Å². The van der Waals surface area contributed by atoms with E-state index in [1.807, 2.05) is 12.3 Å². The number of hydrogen-bond acceptors (Lipinski definition) is 2. The minimum absolute atomic E-state index is 0.137. The monoisotopic (exact) mass is 340 g/mol. The number of aromatic nitrogens is 1. The summed E-state index contributed by atoms with van der Waals surface area (Å²) in [5.41, 5.74) is 12.1. The van der Waals surface area contributed by atoms with Crippen molar-refractivity contribution in [3.8, 4) is 0 Å². The van der Waals surface area contributed by atoms with Crippen LogP contribution in [0.3, 0.4) is 0 Å². The van der Waals surface area contributed by atoms with E-state index in [0.29, 0.717) is 0 Å². The Kier molecular flexibility index (Phi) is 3.79. The number of nitrogens with zero attached hydrogens (tertiary/aromatic N) is 1. The number of rotatable bonds is 2. The zero-order chi connectivity index (χ0) is 15.0. The zero-order valence-electron chi connectivity index (χ0n) is 12.1. The molecular formula is C18H17BrN2. The van der Waals surface area contributed by atoms with Crippen LogP contribution in [0.5, 0.6) is 0 Å². The van der Waals surface area contributed by atoms with Crippen molar-refractivity contribution >= 4 is 26.8 Å². The van der Waals surface area contributed by atoms with Gasteiger partial charge in [-0.15, -0.1) is 0 Å². The molecule has 1 atom stereocenters. The Morgan fingerprint density at radius 1 is 1.00 bits per heavy atom. The Morgan fingerprint density at radius 3 is 2.43 bits per heavy atom. The third-order valence-corrected chi connectivity index (χ3v) is 5.06. The summed E-state index contributed by atoms with van der Waals surface area (Å²) in [7, 11) is 0. The van der Waals surface area contributed by atoms with Crippen molar-refractivity contribution in [2.24, 2.45) is 5.73 Å². The van der Waals surface area contributed by atoms with E-state index in [0.717, 1.165) is 26.5 Å². The average Bonchev–Trinajstić information content (AvgIpc) is 2.51. The molecule has 0 aliphatic carbocycles. The van der Waals surface area contributed by atoms with Crippen LogP contribution in [0, 0.1) is 13.8 Å². The molecular weight excluding hydrogens is 324 g/mol. The van der Waals surface area contributed by atoms with Crippen LogP contribution in [0.4, 0.5) is 0 Å². The van der Waals surface area contributed by atoms with Crippen LogP contribution < -0.4 is 5.73 Å². The second-order valence-corrected chi connectivity index (χ2v) is 6.19. The Hall–Kier alpha value is -1.71.